The van der Waals surface area contributed by atoms with E-state index in [1.165, 1.54) is 38.5 Å². The fourth-order valence-electron chi connectivity index (χ4n) is 2.47. The van der Waals surface area contributed by atoms with Gasteiger partial charge in [0.05, 0.1) is 0 Å². The molecule has 0 fully saturated rings. The van der Waals surface area contributed by atoms with Crippen molar-refractivity contribution in [1.29, 1.82) is 0 Å². The van der Waals surface area contributed by atoms with Crippen molar-refractivity contribution in [3.8, 4) is 0 Å². The highest BCUT2D eigenvalue weighted by molar-refractivity contribution is 5.91. The number of hydrogen-bond donors (Lipinski definition) is 0. The number of ketones is 2. The molecular weight excluding hydrogens is 284 g/mol. The molecule has 0 saturated heterocycles. The maximum Gasteiger partial charge on any atom is 0.155 e. The largest absolute Gasteiger partial charge is 0.295 e. The van der Waals surface area contributed by atoms with Crippen LogP contribution in [0.1, 0.15) is 97.3 Å². The highest BCUT2D eigenvalue weighted by Gasteiger charge is 1.97. The topological polar surface area (TPSA) is 34.1 Å². The summed E-state index contributed by atoms with van der Waals surface area (Å²) in [5.41, 5.74) is 0. The van der Waals surface area contributed by atoms with E-state index in [2.05, 4.69) is 13.8 Å². The smallest absolute Gasteiger partial charge is 0.155 e. The molecule has 0 aromatic rings. The Morgan fingerprint density at radius 1 is 0.565 bits per heavy atom. The Balaban J connectivity index is 3.56. The minimum Gasteiger partial charge on any atom is -0.295 e. The number of allylic oxidation sites excluding steroid dienone is 4. The highest BCUT2D eigenvalue weighted by Crippen LogP contribution is 2.09. The number of carbonyl (C=O) groups excluding carboxylic acids is 2. The molecular formula is C21H36O2. The fraction of sp³-hybridized carbons (Fsp3) is 0.714. The van der Waals surface area contributed by atoms with E-state index in [9.17, 15) is 9.59 Å². The average molecular weight is 321 g/mol. The summed E-state index contributed by atoms with van der Waals surface area (Å²) in [6.45, 7) is 4.36. The van der Waals surface area contributed by atoms with Gasteiger partial charge in [0.2, 0.25) is 0 Å². The van der Waals surface area contributed by atoms with Gasteiger partial charge in [0.1, 0.15) is 0 Å². The molecule has 0 saturated carbocycles. The van der Waals surface area contributed by atoms with Crippen LogP contribution in [0, 0.1) is 0 Å². The molecule has 0 bridgehead atoms. The first-order valence-electron chi connectivity index (χ1n) is 9.61. The van der Waals surface area contributed by atoms with E-state index in [4.69, 9.17) is 0 Å². The van der Waals surface area contributed by atoms with E-state index in [0.29, 0.717) is 12.8 Å². The quantitative estimate of drug-likeness (QED) is 0.189. The minimum atomic E-state index is 0.152. The van der Waals surface area contributed by atoms with Crippen molar-refractivity contribution in [3.63, 3.8) is 0 Å². The molecule has 132 valence electrons. The van der Waals surface area contributed by atoms with Crippen LogP contribution in [0.25, 0.3) is 0 Å². The molecule has 0 aliphatic rings. The third kappa shape index (κ3) is 17.0. The Bertz CT molecular complexity index is 353. The van der Waals surface area contributed by atoms with Crippen LogP contribution < -0.4 is 0 Å². The van der Waals surface area contributed by atoms with Gasteiger partial charge in [-0.05, 0) is 25.0 Å². The predicted octanol–water partition coefficient (Wildman–Crippen LogP) is 6.35. The van der Waals surface area contributed by atoms with Gasteiger partial charge in [0.15, 0.2) is 11.6 Å². The Labute approximate surface area is 143 Å². The third-order valence-electron chi connectivity index (χ3n) is 3.98. The Hall–Kier alpha value is -1.18. The highest BCUT2D eigenvalue weighted by atomic mass is 16.1. The van der Waals surface area contributed by atoms with Gasteiger partial charge in [0.25, 0.3) is 0 Å². The first kappa shape index (κ1) is 21.8. The molecule has 0 spiro atoms. The van der Waals surface area contributed by atoms with Gasteiger partial charge < -0.3 is 0 Å². The molecule has 0 aliphatic carbocycles. The molecule has 0 radical (unpaired) electrons. The molecule has 2 nitrogen and oxygen atoms in total. The van der Waals surface area contributed by atoms with Crippen molar-refractivity contribution >= 4 is 11.6 Å². The van der Waals surface area contributed by atoms with Crippen LogP contribution in [0.5, 0.6) is 0 Å². The van der Waals surface area contributed by atoms with E-state index < -0.39 is 0 Å². The standard InChI is InChI=1S/C21H36O2/c1-3-5-7-8-9-10-11-13-17-21(23)19-15-14-18-20(22)16-12-6-4-2/h14-15,18-19H,3-13,16-17H2,1-2H3/b18-14+,19-15+. The van der Waals surface area contributed by atoms with Crippen LogP contribution in [0.3, 0.4) is 0 Å². The van der Waals surface area contributed by atoms with Gasteiger partial charge in [-0.25, -0.2) is 0 Å². The van der Waals surface area contributed by atoms with Gasteiger partial charge in [-0.15, -0.1) is 0 Å². The summed E-state index contributed by atoms with van der Waals surface area (Å²) < 4.78 is 0. The Kier molecular flexibility index (Phi) is 16.3. The van der Waals surface area contributed by atoms with Crippen molar-refractivity contribution in [1.82, 2.24) is 0 Å². The number of carbonyl (C=O) groups is 2. The molecule has 0 N–H and O–H groups in total. The van der Waals surface area contributed by atoms with Crippen molar-refractivity contribution < 1.29 is 9.59 Å². The van der Waals surface area contributed by atoms with E-state index >= 15 is 0 Å². The van der Waals surface area contributed by atoms with Gasteiger partial charge in [-0.2, -0.15) is 0 Å². The molecule has 0 atom stereocenters. The van der Waals surface area contributed by atoms with Crippen molar-refractivity contribution in [2.75, 3.05) is 0 Å². The third-order valence-corrected chi connectivity index (χ3v) is 3.98. The molecule has 0 unspecified atom stereocenters. The summed E-state index contributed by atoms with van der Waals surface area (Å²) >= 11 is 0. The molecule has 0 heterocycles. The predicted molar refractivity (Wildman–Crippen MR) is 99.7 cm³/mol. The van der Waals surface area contributed by atoms with Crippen LogP contribution in [0.2, 0.25) is 0 Å². The lowest BCUT2D eigenvalue weighted by molar-refractivity contribution is -0.115. The maximum absolute atomic E-state index is 11.7. The Morgan fingerprint density at radius 2 is 0.913 bits per heavy atom. The van der Waals surface area contributed by atoms with E-state index in [0.717, 1.165) is 32.1 Å². The summed E-state index contributed by atoms with van der Waals surface area (Å²) in [5.74, 6) is 0.317. The lowest BCUT2D eigenvalue weighted by Gasteiger charge is -2.00. The second kappa shape index (κ2) is 17.2. The van der Waals surface area contributed by atoms with Crippen molar-refractivity contribution in [2.24, 2.45) is 0 Å². The zero-order chi connectivity index (χ0) is 17.2. The van der Waals surface area contributed by atoms with Crippen LogP contribution in [-0.2, 0) is 9.59 Å². The normalized spacial score (nSPS) is 11.6. The maximum atomic E-state index is 11.7. The fourth-order valence-corrected chi connectivity index (χ4v) is 2.47. The summed E-state index contributed by atoms with van der Waals surface area (Å²) in [4.78, 5) is 23.2. The SMILES string of the molecule is CCCCCCCCCCC(=O)/C=C/C=C/C(=O)CCCCC. The van der Waals surface area contributed by atoms with Gasteiger partial charge in [-0.1, -0.05) is 83.8 Å². The first-order valence-corrected chi connectivity index (χ1v) is 9.61. The number of rotatable bonds is 16. The zero-order valence-corrected chi connectivity index (χ0v) is 15.3. The summed E-state index contributed by atoms with van der Waals surface area (Å²) in [5, 5.41) is 0. The lowest BCUT2D eigenvalue weighted by Crippen LogP contribution is -1.93. The molecule has 0 aromatic heterocycles. The molecule has 0 amide bonds. The van der Waals surface area contributed by atoms with Gasteiger partial charge >= 0.3 is 0 Å². The van der Waals surface area contributed by atoms with Crippen LogP contribution in [-0.4, -0.2) is 11.6 Å². The zero-order valence-electron chi connectivity index (χ0n) is 15.3. The van der Waals surface area contributed by atoms with E-state index in [1.54, 1.807) is 24.3 Å². The van der Waals surface area contributed by atoms with Crippen molar-refractivity contribution in [3.05, 3.63) is 24.3 Å². The monoisotopic (exact) mass is 320 g/mol. The molecule has 0 aliphatic heterocycles. The molecule has 2 heteroatoms. The number of hydrogen-bond acceptors (Lipinski definition) is 2. The van der Waals surface area contributed by atoms with E-state index in [1.807, 2.05) is 0 Å². The van der Waals surface area contributed by atoms with Crippen LogP contribution >= 0.6 is 0 Å². The average Bonchev–Trinajstić information content (AvgIpc) is 2.54. The lowest BCUT2D eigenvalue weighted by atomic mass is 10.1. The second-order valence-electron chi connectivity index (χ2n) is 6.33. The van der Waals surface area contributed by atoms with Crippen LogP contribution in [0.4, 0.5) is 0 Å². The van der Waals surface area contributed by atoms with E-state index in [-0.39, 0.29) is 11.6 Å². The Morgan fingerprint density at radius 3 is 1.39 bits per heavy atom. The minimum absolute atomic E-state index is 0.152. The van der Waals surface area contributed by atoms with Crippen molar-refractivity contribution in [2.45, 2.75) is 97.3 Å². The molecule has 23 heavy (non-hydrogen) atoms. The molecule has 0 rings (SSSR count). The summed E-state index contributed by atoms with van der Waals surface area (Å²) in [6.07, 6.45) is 21.0. The van der Waals surface area contributed by atoms with Crippen LogP contribution in [0.15, 0.2) is 24.3 Å². The summed E-state index contributed by atoms with van der Waals surface area (Å²) in [6, 6.07) is 0. The summed E-state index contributed by atoms with van der Waals surface area (Å²) in [7, 11) is 0. The van der Waals surface area contributed by atoms with Gasteiger partial charge in [0, 0.05) is 12.8 Å². The van der Waals surface area contributed by atoms with Gasteiger partial charge in [-0.3, -0.25) is 9.59 Å². The molecule has 0 aromatic carbocycles. The second-order valence-corrected chi connectivity index (χ2v) is 6.33. The number of unbranched alkanes of at least 4 members (excludes halogenated alkanes) is 9. The first-order chi connectivity index (χ1) is 11.2.